The van der Waals surface area contributed by atoms with E-state index < -0.39 is 21.3 Å². The van der Waals surface area contributed by atoms with E-state index in [9.17, 15) is 18.3 Å². The highest BCUT2D eigenvalue weighted by Gasteiger charge is 2.48. The highest BCUT2D eigenvalue weighted by atomic mass is 32.2. The molecule has 3 aromatic heterocycles. The minimum Gasteiger partial charge on any atom is -0.497 e. The summed E-state index contributed by atoms with van der Waals surface area (Å²) in [5, 5.41) is 14.4. The van der Waals surface area contributed by atoms with E-state index in [1.54, 1.807) is 19.2 Å². The highest BCUT2D eigenvalue weighted by Crippen LogP contribution is 2.35. The molecule has 1 fully saturated rings. The minimum atomic E-state index is -3.61. The fourth-order valence-corrected chi connectivity index (χ4v) is 3.74. The van der Waals surface area contributed by atoms with Crippen molar-refractivity contribution in [2.75, 3.05) is 27.0 Å². The van der Waals surface area contributed by atoms with Crippen molar-refractivity contribution in [1.29, 1.82) is 0 Å². The van der Waals surface area contributed by atoms with Crippen LogP contribution in [0.15, 0.2) is 40.1 Å². The van der Waals surface area contributed by atoms with E-state index in [2.05, 4.69) is 20.1 Å². The van der Waals surface area contributed by atoms with Crippen molar-refractivity contribution in [3.05, 3.63) is 36.2 Å². The molecule has 12 heteroatoms. The van der Waals surface area contributed by atoms with Crippen molar-refractivity contribution in [2.24, 2.45) is 0 Å². The van der Waals surface area contributed by atoms with Crippen LogP contribution in [-0.2, 0) is 20.2 Å². The first-order valence-electron chi connectivity index (χ1n) is 9.17. The first-order valence-corrected chi connectivity index (χ1v) is 11.1. The van der Waals surface area contributed by atoms with E-state index in [0.717, 1.165) is 6.26 Å². The zero-order chi connectivity index (χ0) is 22.4. The number of nitrogens with zero attached hydrogens (tertiary/aromatic N) is 5. The van der Waals surface area contributed by atoms with Crippen LogP contribution in [0.2, 0.25) is 0 Å². The van der Waals surface area contributed by atoms with E-state index >= 15 is 0 Å². The van der Waals surface area contributed by atoms with Crippen LogP contribution in [0.1, 0.15) is 12.2 Å². The molecule has 1 atom stereocenters. The topological polar surface area (TPSA) is 149 Å². The Balaban J connectivity index is 1.77. The summed E-state index contributed by atoms with van der Waals surface area (Å²) in [6.07, 6.45) is 2.52. The van der Waals surface area contributed by atoms with Crippen LogP contribution in [0.5, 0.6) is 5.75 Å². The molecule has 162 valence electrons. The van der Waals surface area contributed by atoms with Crippen LogP contribution in [0.4, 0.5) is 0 Å². The molecule has 0 aromatic carbocycles. The smallest absolute Gasteiger partial charge is 0.262 e. The number of ether oxygens (including phenoxy) is 1. The van der Waals surface area contributed by atoms with Crippen LogP contribution >= 0.6 is 0 Å². The maximum Gasteiger partial charge on any atom is 0.262 e. The van der Waals surface area contributed by atoms with Gasteiger partial charge in [0, 0.05) is 50.7 Å². The number of aliphatic hydroxyl groups is 1. The normalized spacial score (nSPS) is 19.1. The second-order valence-electron chi connectivity index (χ2n) is 7.19. The van der Waals surface area contributed by atoms with Gasteiger partial charge in [-0.05, 0) is 6.07 Å². The van der Waals surface area contributed by atoms with E-state index in [1.165, 1.54) is 30.3 Å². The van der Waals surface area contributed by atoms with Gasteiger partial charge in [-0.1, -0.05) is 5.16 Å². The van der Waals surface area contributed by atoms with Gasteiger partial charge >= 0.3 is 0 Å². The van der Waals surface area contributed by atoms with Gasteiger partial charge in [0.25, 0.3) is 5.91 Å². The number of hydrogen-bond donors (Lipinski definition) is 1. The van der Waals surface area contributed by atoms with E-state index in [-0.39, 0.29) is 28.7 Å². The zero-order valence-corrected chi connectivity index (χ0v) is 17.8. The Kier molecular flexibility index (Phi) is 4.98. The van der Waals surface area contributed by atoms with Gasteiger partial charge in [-0.15, -0.1) is 0 Å². The predicted molar refractivity (Wildman–Crippen MR) is 107 cm³/mol. The van der Waals surface area contributed by atoms with Gasteiger partial charge in [0.1, 0.15) is 11.4 Å². The molecule has 1 amide bonds. The number of sulfone groups is 1. The molecule has 11 nitrogen and oxygen atoms in total. The molecule has 31 heavy (non-hydrogen) atoms. The number of aromatic nitrogens is 4. The summed E-state index contributed by atoms with van der Waals surface area (Å²) in [5.41, 5.74) is -0.597. The third-order valence-corrected chi connectivity index (χ3v) is 5.81. The van der Waals surface area contributed by atoms with E-state index in [0.29, 0.717) is 23.7 Å². The van der Waals surface area contributed by atoms with Crippen molar-refractivity contribution in [2.45, 2.75) is 17.2 Å². The Morgan fingerprint density at radius 1 is 1.16 bits per heavy atom. The lowest BCUT2D eigenvalue weighted by Gasteiger charge is -2.16. The second kappa shape index (κ2) is 7.39. The lowest BCUT2D eigenvalue weighted by Crippen LogP contribution is -2.35. The van der Waals surface area contributed by atoms with Crippen LogP contribution in [0, 0.1) is 0 Å². The SMILES string of the molecule is COc1cc(-c2cc(C3(O)CCN(C)C3=O)on2)nc(-c2ccnc(S(C)(=O)=O)n2)c1. The number of methoxy groups -OCH3 is 1. The lowest BCUT2D eigenvalue weighted by molar-refractivity contribution is -0.144. The minimum absolute atomic E-state index is 0.0180. The highest BCUT2D eigenvalue weighted by molar-refractivity contribution is 7.90. The Bertz CT molecular complexity index is 1270. The van der Waals surface area contributed by atoms with Crippen LogP contribution in [0.3, 0.4) is 0 Å². The van der Waals surface area contributed by atoms with E-state index in [4.69, 9.17) is 9.26 Å². The number of likely N-dealkylation sites (tertiary alicyclic amines) is 1. The summed E-state index contributed by atoms with van der Waals surface area (Å²) < 4.78 is 34.2. The molecule has 0 saturated carbocycles. The molecule has 0 spiro atoms. The van der Waals surface area contributed by atoms with Crippen molar-refractivity contribution < 1.29 is 27.6 Å². The molecule has 4 rings (SSSR count). The van der Waals surface area contributed by atoms with Gasteiger partial charge in [-0.3, -0.25) is 4.79 Å². The summed E-state index contributed by atoms with van der Waals surface area (Å²) in [6, 6.07) is 6.15. The molecular formula is C19H19N5O6S. The van der Waals surface area contributed by atoms with Gasteiger partial charge in [0.2, 0.25) is 20.6 Å². The summed E-state index contributed by atoms with van der Waals surface area (Å²) in [6.45, 7) is 0.392. The predicted octanol–water partition coefficient (Wildman–Crippen LogP) is 0.655. The first-order chi connectivity index (χ1) is 14.6. The van der Waals surface area contributed by atoms with Crippen molar-refractivity contribution in [3.63, 3.8) is 0 Å². The number of likely N-dealkylation sites (N-methyl/N-ethyl adjacent to an activating group) is 1. The van der Waals surface area contributed by atoms with Gasteiger partial charge in [0.15, 0.2) is 5.76 Å². The number of carbonyl (C=O) groups is 1. The van der Waals surface area contributed by atoms with E-state index in [1.807, 2.05) is 0 Å². The molecule has 4 heterocycles. The summed E-state index contributed by atoms with van der Waals surface area (Å²) in [7, 11) is -0.542. The average molecular weight is 445 g/mol. The molecule has 1 N–H and O–H groups in total. The number of hydrogen-bond acceptors (Lipinski definition) is 10. The summed E-state index contributed by atoms with van der Waals surface area (Å²) in [4.78, 5) is 26.1. The fraction of sp³-hybridized carbons (Fsp3) is 0.316. The molecule has 3 aromatic rings. The third-order valence-electron chi connectivity index (χ3n) is 4.95. The molecule has 1 aliphatic heterocycles. The molecule has 1 aliphatic rings. The number of carbonyl (C=O) groups excluding carboxylic acids is 1. The molecule has 1 unspecified atom stereocenters. The first kappa shape index (κ1) is 20.9. The Labute approximate surface area is 177 Å². The van der Waals surface area contributed by atoms with Crippen LogP contribution in [0.25, 0.3) is 22.8 Å². The number of amides is 1. The molecule has 1 saturated heterocycles. The van der Waals surface area contributed by atoms with Gasteiger partial charge in [-0.25, -0.2) is 23.4 Å². The Morgan fingerprint density at radius 2 is 1.87 bits per heavy atom. The Morgan fingerprint density at radius 3 is 2.48 bits per heavy atom. The standard InChI is InChI=1S/C19H19N5O6S/c1-24-7-5-19(26,17(24)25)16-10-15(23-30-16)14-9-11(29-2)8-13(21-14)12-4-6-20-18(22-12)31(3,27)28/h4,6,8-10,26H,5,7H2,1-3H3. The number of rotatable bonds is 5. The van der Waals surface area contributed by atoms with Crippen LogP contribution < -0.4 is 4.74 Å². The molecular weight excluding hydrogens is 426 g/mol. The Hall–Kier alpha value is -3.38. The van der Waals surface area contributed by atoms with Crippen molar-refractivity contribution >= 4 is 15.7 Å². The third kappa shape index (κ3) is 3.75. The molecule has 0 bridgehead atoms. The summed E-state index contributed by atoms with van der Waals surface area (Å²) >= 11 is 0. The van der Waals surface area contributed by atoms with Gasteiger partial charge < -0.3 is 19.3 Å². The zero-order valence-electron chi connectivity index (χ0n) is 16.9. The maximum atomic E-state index is 12.3. The maximum absolute atomic E-state index is 12.3. The average Bonchev–Trinajstić information content (AvgIpc) is 3.35. The van der Waals surface area contributed by atoms with Crippen LogP contribution in [-0.4, -0.2) is 71.4 Å². The number of pyridine rings is 1. The van der Waals surface area contributed by atoms with Gasteiger partial charge in [0.05, 0.1) is 24.2 Å². The summed E-state index contributed by atoms with van der Waals surface area (Å²) in [5.74, 6) is -0.0346. The van der Waals surface area contributed by atoms with Crippen molar-refractivity contribution in [1.82, 2.24) is 25.0 Å². The van der Waals surface area contributed by atoms with Gasteiger partial charge in [-0.2, -0.15) is 0 Å². The quantitative estimate of drug-likeness (QED) is 0.555. The largest absolute Gasteiger partial charge is 0.497 e. The lowest BCUT2D eigenvalue weighted by atomic mass is 9.98. The molecule has 0 radical (unpaired) electrons. The molecule has 0 aliphatic carbocycles. The monoisotopic (exact) mass is 445 g/mol. The second-order valence-corrected chi connectivity index (χ2v) is 9.10. The fourth-order valence-electron chi connectivity index (χ4n) is 3.22. The van der Waals surface area contributed by atoms with Crippen molar-refractivity contribution in [3.8, 4) is 28.5 Å².